The van der Waals surface area contributed by atoms with Gasteiger partial charge in [-0.1, -0.05) is 29.0 Å². The number of halogens is 3. The molecule has 0 saturated heterocycles. The first-order chi connectivity index (χ1) is 14.0. The van der Waals surface area contributed by atoms with Gasteiger partial charge in [0.2, 0.25) is 5.91 Å². The highest BCUT2D eigenvalue weighted by molar-refractivity contribution is 7.22. The van der Waals surface area contributed by atoms with Crippen LogP contribution >= 0.6 is 22.9 Å². The zero-order chi connectivity index (χ0) is 20.3. The molecule has 2 N–H and O–H groups in total. The lowest BCUT2D eigenvalue weighted by Gasteiger charge is -2.11. The van der Waals surface area contributed by atoms with Crippen LogP contribution in [0.1, 0.15) is 6.42 Å². The van der Waals surface area contributed by atoms with Gasteiger partial charge < -0.3 is 10.1 Å². The van der Waals surface area contributed by atoms with E-state index in [9.17, 15) is 13.6 Å². The Labute approximate surface area is 171 Å². The molecule has 0 spiro atoms. The van der Waals surface area contributed by atoms with Gasteiger partial charge in [0.15, 0.2) is 16.7 Å². The first-order valence-electron chi connectivity index (χ1n) is 8.72. The van der Waals surface area contributed by atoms with E-state index in [0.29, 0.717) is 32.7 Å². The predicted octanol–water partition coefficient (Wildman–Crippen LogP) is 4.94. The molecule has 6 nitrogen and oxygen atoms in total. The summed E-state index contributed by atoms with van der Waals surface area (Å²) in [5, 5.41) is 10.3. The topological polar surface area (TPSA) is 79.9 Å². The van der Waals surface area contributed by atoms with E-state index in [1.807, 2.05) is 6.07 Å². The van der Waals surface area contributed by atoms with Crippen LogP contribution in [0.4, 0.5) is 13.9 Å². The number of amides is 1. The maximum Gasteiger partial charge on any atom is 0.232 e. The van der Waals surface area contributed by atoms with E-state index in [-0.39, 0.29) is 23.1 Å². The van der Waals surface area contributed by atoms with Crippen LogP contribution in [0, 0.1) is 11.7 Å². The molecule has 0 radical (unpaired) electrons. The third kappa shape index (κ3) is 2.92. The van der Waals surface area contributed by atoms with Crippen LogP contribution in [-0.2, 0) is 4.79 Å². The zero-order valence-electron chi connectivity index (χ0n) is 14.9. The molecule has 0 bridgehead atoms. The summed E-state index contributed by atoms with van der Waals surface area (Å²) in [4.78, 5) is 16.3. The summed E-state index contributed by atoms with van der Waals surface area (Å²) < 4.78 is 33.7. The highest BCUT2D eigenvalue weighted by Crippen LogP contribution is 2.43. The molecule has 5 rings (SSSR count). The molecular weight excluding hydrogens is 422 g/mol. The van der Waals surface area contributed by atoms with Gasteiger partial charge in [-0.2, -0.15) is 5.10 Å². The lowest BCUT2D eigenvalue weighted by Crippen LogP contribution is -2.14. The molecular formula is C19H13ClF2N4O2S. The minimum Gasteiger partial charge on any atom is -0.491 e. The number of ether oxygens (including phenoxy) is 1. The van der Waals surface area contributed by atoms with E-state index < -0.39 is 17.9 Å². The molecule has 148 valence electrons. The number of anilines is 1. The van der Waals surface area contributed by atoms with Crippen molar-refractivity contribution in [3.05, 3.63) is 35.2 Å². The van der Waals surface area contributed by atoms with Gasteiger partial charge in [-0.25, -0.2) is 13.8 Å². The number of benzene rings is 2. The minimum absolute atomic E-state index is 0.00126. The zero-order valence-corrected chi connectivity index (χ0v) is 16.5. The summed E-state index contributed by atoms with van der Waals surface area (Å²) in [6.07, 6.45) is 0.744. The van der Waals surface area contributed by atoms with E-state index in [1.165, 1.54) is 18.4 Å². The molecule has 0 aliphatic heterocycles. The number of aromatic amines is 1. The molecule has 1 aliphatic rings. The van der Waals surface area contributed by atoms with Crippen molar-refractivity contribution in [2.75, 3.05) is 12.4 Å². The first-order valence-corrected chi connectivity index (χ1v) is 9.91. The highest BCUT2D eigenvalue weighted by Gasteiger charge is 2.43. The fraction of sp³-hybridized carbons (Fsp3) is 0.211. The number of carbonyl (C=O) groups excluding carboxylic acids is 1. The number of nitrogens with one attached hydrogen (secondary N) is 2. The van der Waals surface area contributed by atoms with Crippen LogP contribution in [-0.4, -0.2) is 34.4 Å². The SMILES string of the molecule is COc1c(F)c(Cl)c(-c2ccc3nc(NC(=O)C4CC4F)sc3c2)c2cn[nH]c12. The average Bonchev–Trinajstić information content (AvgIpc) is 3.08. The number of thiazole rings is 1. The van der Waals surface area contributed by atoms with E-state index in [0.717, 1.165) is 4.70 Å². The molecule has 1 fully saturated rings. The molecule has 1 saturated carbocycles. The number of carbonyl (C=O) groups is 1. The summed E-state index contributed by atoms with van der Waals surface area (Å²) in [7, 11) is 1.36. The maximum absolute atomic E-state index is 14.7. The summed E-state index contributed by atoms with van der Waals surface area (Å²) in [6.45, 7) is 0. The molecule has 2 atom stereocenters. The molecule has 1 aliphatic carbocycles. The van der Waals surface area contributed by atoms with Crippen molar-refractivity contribution < 1.29 is 18.3 Å². The van der Waals surface area contributed by atoms with Crippen LogP contribution in [0.5, 0.6) is 5.75 Å². The van der Waals surface area contributed by atoms with Gasteiger partial charge in [0, 0.05) is 10.9 Å². The molecule has 1 amide bonds. The summed E-state index contributed by atoms with van der Waals surface area (Å²) in [5.74, 6) is -1.63. The molecule has 2 aromatic heterocycles. The Morgan fingerprint density at radius 3 is 2.97 bits per heavy atom. The van der Waals surface area contributed by atoms with Crippen LogP contribution in [0.25, 0.3) is 32.2 Å². The third-order valence-electron chi connectivity index (χ3n) is 4.91. The number of rotatable bonds is 4. The molecule has 2 unspecified atom stereocenters. The quantitative estimate of drug-likeness (QED) is 0.477. The number of fused-ring (bicyclic) bond motifs is 2. The molecule has 4 aromatic rings. The van der Waals surface area contributed by atoms with Crippen molar-refractivity contribution in [2.24, 2.45) is 5.92 Å². The van der Waals surface area contributed by atoms with Crippen molar-refractivity contribution in [3.8, 4) is 16.9 Å². The largest absolute Gasteiger partial charge is 0.491 e. The van der Waals surface area contributed by atoms with Crippen LogP contribution in [0.3, 0.4) is 0 Å². The number of aromatic nitrogens is 3. The Balaban J connectivity index is 1.58. The summed E-state index contributed by atoms with van der Waals surface area (Å²) >= 11 is 7.58. The molecule has 10 heteroatoms. The number of nitrogens with zero attached hydrogens (tertiary/aromatic N) is 2. The predicted molar refractivity (Wildman–Crippen MR) is 108 cm³/mol. The second-order valence-electron chi connectivity index (χ2n) is 6.74. The summed E-state index contributed by atoms with van der Waals surface area (Å²) in [6, 6.07) is 5.35. The molecule has 2 heterocycles. The van der Waals surface area contributed by atoms with Crippen LogP contribution in [0.2, 0.25) is 5.02 Å². The van der Waals surface area contributed by atoms with E-state index in [1.54, 1.807) is 18.3 Å². The van der Waals surface area contributed by atoms with Crippen LogP contribution < -0.4 is 10.1 Å². The number of hydrogen-bond donors (Lipinski definition) is 2. The summed E-state index contributed by atoms with van der Waals surface area (Å²) in [5.41, 5.74) is 2.22. The maximum atomic E-state index is 14.7. The lowest BCUT2D eigenvalue weighted by molar-refractivity contribution is -0.117. The minimum atomic E-state index is -1.07. The fourth-order valence-electron chi connectivity index (χ4n) is 3.33. The Morgan fingerprint density at radius 2 is 2.24 bits per heavy atom. The number of hydrogen-bond acceptors (Lipinski definition) is 5. The fourth-order valence-corrected chi connectivity index (χ4v) is 4.53. The van der Waals surface area contributed by atoms with E-state index >= 15 is 0 Å². The van der Waals surface area contributed by atoms with Crippen molar-refractivity contribution in [1.29, 1.82) is 0 Å². The number of methoxy groups -OCH3 is 1. The van der Waals surface area contributed by atoms with Gasteiger partial charge in [-0.3, -0.25) is 9.89 Å². The second kappa shape index (κ2) is 6.64. The lowest BCUT2D eigenvalue weighted by atomic mass is 10.0. The van der Waals surface area contributed by atoms with Gasteiger partial charge in [0.05, 0.1) is 34.5 Å². The van der Waals surface area contributed by atoms with Crippen molar-refractivity contribution in [3.63, 3.8) is 0 Å². The standard InChI is InChI=1S/C19H13ClF2N4O2S/c1-28-17-15(22)14(20)13(9-6-23-26-16(9)17)7-2-3-11-12(4-7)29-19(24-11)25-18(27)8-5-10(8)21/h2-4,6,8,10H,5H2,1H3,(H,23,26)(H,24,25,27). The van der Waals surface area contributed by atoms with Crippen molar-refractivity contribution >= 4 is 55.1 Å². The average molecular weight is 435 g/mol. The third-order valence-corrected chi connectivity index (χ3v) is 6.20. The normalized spacial score (nSPS) is 18.3. The Bertz CT molecular complexity index is 1290. The van der Waals surface area contributed by atoms with Gasteiger partial charge in [-0.15, -0.1) is 0 Å². The van der Waals surface area contributed by atoms with Gasteiger partial charge >= 0.3 is 0 Å². The molecule has 29 heavy (non-hydrogen) atoms. The number of alkyl halides is 1. The molecule has 2 aromatic carbocycles. The van der Waals surface area contributed by atoms with Crippen molar-refractivity contribution in [2.45, 2.75) is 12.6 Å². The number of H-pyrrole nitrogens is 1. The van der Waals surface area contributed by atoms with Gasteiger partial charge in [0.25, 0.3) is 0 Å². The van der Waals surface area contributed by atoms with Crippen molar-refractivity contribution in [1.82, 2.24) is 15.2 Å². The Hall–Kier alpha value is -2.78. The highest BCUT2D eigenvalue weighted by atomic mass is 35.5. The monoisotopic (exact) mass is 434 g/mol. The van der Waals surface area contributed by atoms with E-state index in [2.05, 4.69) is 20.5 Å². The first kappa shape index (κ1) is 18.3. The van der Waals surface area contributed by atoms with Crippen LogP contribution in [0.15, 0.2) is 24.4 Å². The van der Waals surface area contributed by atoms with Gasteiger partial charge in [-0.05, 0) is 24.1 Å². The Morgan fingerprint density at radius 1 is 1.45 bits per heavy atom. The second-order valence-corrected chi connectivity index (χ2v) is 8.15. The van der Waals surface area contributed by atoms with Gasteiger partial charge in [0.1, 0.15) is 11.7 Å². The smallest absolute Gasteiger partial charge is 0.232 e. The Kier molecular flexibility index (Phi) is 4.18. The van der Waals surface area contributed by atoms with E-state index in [4.69, 9.17) is 16.3 Å².